The molecule has 1 heterocycles. The molecule has 0 aliphatic rings. The second-order valence-electron chi connectivity index (χ2n) is 5.65. The molecule has 0 saturated heterocycles. The zero-order chi connectivity index (χ0) is 19.1. The molecule has 6 nitrogen and oxygen atoms in total. The van der Waals surface area contributed by atoms with E-state index in [2.05, 4.69) is 12.6 Å². The van der Waals surface area contributed by atoms with Crippen LogP contribution in [0, 0.1) is 0 Å². The normalized spacial score (nSPS) is 12.0. The number of nitrogens with two attached hydrogens (primary N) is 1. The van der Waals surface area contributed by atoms with Gasteiger partial charge in [-0.1, -0.05) is 0 Å². The Hall–Kier alpha value is -1.77. The third-order valence-electron chi connectivity index (χ3n) is 3.84. The number of methoxy groups -OCH3 is 2. The third kappa shape index (κ3) is 5.12. The molecular weight excluding hydrogens is 374 g/mol. The lowest BCUT2D eigenvalue weighted by Gasteiger charge is -2.14. The van der Waals surface area contributed by atoms with Crippen LogP contribution in [0.3, 0.4) is 0 Å². The van der Waals surface area contributed by atoms with Crippen LogP contribution in [0.2, 0.25) is 0 Å². The molecule has 0 radical (unpaired) electrons. The summed E-state index contributed by atoms with van der Waals surface area (Å²) in [6.07, 6.45) is 0.384. The molecule has 2 rings (SSSR count). The van der Waals surface area contributed by atoms with Gasteiger partial charge in [0.2, 0.25) is 0 Å². The van der Waals surface area contributed by atoms with E-state index in [0.29, 0.717) is 35.1 Å². The van der Waals surface area contributed by atoms with E-state index in [4.69, 9.17) is 19.9 Å². The number of hydrogen-bond acceptors (Lipinski definition) is 8. The van der Waals surface area contributed by atoms with E-state index < -0.39 is 5.97 Å². The Morgan fingerprint density at radius 2 is 1.85 bits per heavy atom. The summed E-state index contributed by atoms with van der Waals surface area (Å²) < 4.78 is 16.8. The highest BCUT2D eigenvalue weighted by Gasteiger charge is 2.17. The van der Waals surface area contributed by atoms with E-state index in [1.807, 2.05) is 12.1 Å². The van der Waals surface area contributed by atoms with Gasteiger partial charge in [0.05, 0.1) is 25.5 Å². The summed E-state index contributed by atoms with van der Waals surface area (Å²) in [5.74, 6) is 1.13. The minimum atomic E-state index is -0.407. The predicted molar refractivity (Wildman–Crippen MR) is 106 cm³/mol. The smallest absolute Gasteiger partial charge is 0.306 e. The van der Waals surface area contributed by atoms with Crippen molar-refractivity contribution < 1.29 is 23.8 Å². The summed E-state index contributed by atoms with van der Waals surface area (Å²) >= 11 is 5.50. The van der Waals surface area contributed by atoms with Gasteiger partial charge < -0.3 is 19.9 Å². The van der Waals surface area contributed by atoms with Crippen LogP contribution in [0.1, 0.15) is 28.9 Å². The first kappa shape index (κ1) is 20.5. The number of ether oxygens (including phenoxy) is 3. The molecule has 0 aliphatic heterocycles. The van der Waals surface area contributed by atoms with E-state index in [-0.39, 0.29) is 24.7 Å². The third-order valence-corrected chi connectivity index (χ3v) is 5.39. The molecule has 1 atom stereocenters. The molecular formula is C18H23NO5S2. The van der Waals surface area contributed by atoms with Gasteiger partial charge in [-0.3, -0.25) is 9.59 Å². The Balaban J connectivity index is 2.02. The molecule has 8 heteroatoms. The minimum Gasteiger partial charge on any atom is -0.493 e. The molecule has 1 aromatic carbocycles. The molecule has 2 aromatic rings. The number of benzene rings is 1. The number of fused-ring (bicyclic) bond motifs is 1. The van der Waals surface area contributed by atoms with Crippen LogP contribution in [0.5, 0.6) is 11.5 Å². The van der Waals surface area contributed by atoms with E-state index in [1.165, 1.54) is 11.3 Å². The Kier molecular flexibility index (Phi) is 7.74. The van der Waals surface area contributed by atoms with Crippen LogP contribution in [0.4, 0.5) is 0 Å². The van der Waals surface area contributed by atoms with Crippen LogP contribution in [0.25, 0.3) is 10.1 Å². The van der Waals surface area contributed by atoms with Crippen molar-refractivity contribution in [2.45, 2.75) is 25.4 Å². The van der Waals surface area contributed by atoms with Gasteiger partial charge in [0, 0.05) is 22.9 Å². The average Bonchev–Trinajstić information content (AvgIpc) is 3.07. The van der Waals surface area contributed by atoms with Crippen molar-refractivity contribution in [1.29, 1.82) is 0 Å². The number of thiol groups is 1. The second-order valence-corrected chi connectivity index (χ2v) is 7.10. The Morgan fingerprint density at radius 3 is 2.46 bits per heavy atom. The predicted octanol–water partition coefficient (Wildman–Crippen LogP) is 3.07. The molecule has 0 spiro atoms. The van der Waals surface area contributed by atoms with Gasteiger partial charge in [-0.2, -0.15) is 12.6 Å². The Morgan fingerprint density at radius 1 is 1.15 bits per heavy atom. The lowest BCUT2D eigenvalue weighted by Crippen LogP contribution is -2.23. The fourth-order valence-corrected chi connectivity index (χ4v) is 3.76. The largest absolute Gasteiger partial charge is 0.493 e. The Labute approximate surface area is 162 Å². The molecule has 142 valence electrons. The highest BCUT2D eigenvalue weighted by Crippen LogP contribution is 2.36. The highest BCUT2D eigenvalue weighted by molar-refractivity contribution is 7.80. The molecule has 0 saturated carbocycles. The first-order valence-electron chi connectivity index (χ1n) is 8.21. The molecule has 0 aliphatic carbocycles. The van der Waals surface area contributed by atoms with Crippen LogP contribution in [-0.4, -0.2) is 44.4 Å². The first-order valence-corrected chi connectivity index (χ1v) is 9.66. The van der Waals surface area contributed by atoms with Crippen LogP contribution < -0.4 is 15.2 Å². The molecule has 0 bridgehead atoms. The van der Waals surface area contributed by atoms with Crippen molar-refractivity contribution in [3.8, 4) is 11.5 Å². The summed E-state index contributed by atoms with van der Waals surface area (Å²) in [5, 5.41) is 0.900. The van der Waals surface area contributed by atoms with Gasteiger partial charge in [-0.25, -0.2) is 0 Å². The van der Waals surface area contributed by atoms with Crippen LogP contribution in [-0.2, 0) is 9.53 Å². The summed E-state index contributed by atoms with van der Waals surface area (Å²) in [4.78, 5) is 24.9. The number of esters is 1. The second kappa shape index (κ2) is 9.80. The number of hydrogen-bond donors (Lipinski definition) is 2. The topological polar surface area (TPSA) is 87.9 Å². The maximum absolute atomic E-state index is 12.4. The molecule has 26 heavy (non-hydrogen) atoms. The molecule has 1 aromatic heterocycles. The summed E-state index contributed by atoms with van der Waals surface area (Å²) in [6, 6.07) is 5.48. The minimum absolute atomic E-state index is 0.0363. The lowest BCUT2D eigenvalue weighted by atomic mass is 10.1. The number of ketones is 1. The fourth-order valence-electron chi connectivity index (χ4n) is 2.46. The molecule has 0 fully saturated rings. The number of thiophene rings is 1. The van der Waals surface area contributed by atoms with Gasteiger partial charge in [0.15, 0.2) is 17.3 Å². The van der Waals surface area contributed by atoms with Gasteiger partial charge >= 0.3 is 5.97 Å². The summed E-state index contributed by atoms with van der Waals surface area (Å²) in [7, 11) is 3.13. The van der Waals surface area contributed by atoms with E-state index in [0.717, 1.165) is 10.1 Å². The first-order chi connectivity index (χ1) is 12.5. The maximum atomic E-state index is 12.4. The molecule has 2 N–H and O–H groups in total. The standard InChI is InChI=1S/C18H23NO5S2/c1-22-14-7-11-8-17(26-16(11)9-15(14)23-2)13(20)3-4-18(21)24-12(10-25)5-6-19/h7-9,12,25H,3-6,10,19H2,1-2H3. The lowest BCUT2D eigenvalue weighted by molar-refractivity contribution is -0.148. The highest BCUT2D eigenvalue weighted by atomic mass is 32.1. The number of Topliss-reactive ketones (excluding diaryl/α,β-unsaturated/α-hetero) is 1. The van der Waals surface area contributed by atoms with Crippen molar-refractivity contribution in [3.05, 3.63) is 23.1 Å². The number of rotatable bonds is 10. The zero-order valence-electron chi connectivity index (χ0n) is 14.8. The monoisotopic (exact) mass is 397 g/mol. The van der Waals surface area contributed by atoms with Crippen molar-refractivity contribution in [2.24, 2.45) is 5.73 Å². The molecule has 1 unspecified atom stereocenters. The van der Waals surface area contributed by atoms with Gasteiger partial charge in [0.25, 0.3) is 0 Å². The van der Waals surface area contributed by atoms with E-state index in [1.54, 1.807) is 20.3 Å². The Bertz CT molecular complexity index is 733. The van der Waals surface area contributed by atoms with Crippen LogP contribution >= 0.6 is 24.0 Å². The fraction of sp³-hybridized carbons (Fsp3) is 0.444. The zero-order valence-corrected chi connectivity index (χ0v) is 16.5. The number of carbonyl (C=O) groups is 2. The average molecular weight is 398 g/mol. The molecule has 0 amide bonds. The van der Waals surface area contributed by atoms with Crippen molar-refractivity contribution in [2.75, 3.05) is 26.5 Å². The quantitative estimate of drug-likeness (QED) is 0.364. The van der Waals surface area contributed by atoms with Gasteiger partial charge in [-0.15, -0.1) is 11.3 Å². The van der Waals surface area contributed by atoms with Gasteiger partial charge in [0.1, 0.15) is 6.10 Å². The summed E-state index contributed by atoms with van der Waals surface area (Å²) in [5.41, 5.74) is 5.46. The maximum Gasteiger partial charge on any atom is 0.306 e. The number of carbonyl (C=O) groups excluding carboxylic acids is 2. The SMILES string of the molecule is COc1cc2cc(C(=O)CCC(=O)OC(CS)CCN)sc2cc1OC. The van der Waals surface area contributed by atoms with E-state index >= 15 is 0 Å². The van der Waals surface area contributed by atoms with Gasteiger partial charge in [-0.05, 0) is 30.5 Å². The summed E-state index contributed by atoms with van der Waals surface area (Å²) in [6.45, 7) is 0.423. The van der Waals surface area contributed by atoms with Crippen LogP contribution in [0.15, 0.2) is 18.2 Å². The van der Waals surface area contributed by atoms with Crippen molar-refractivity contribution in [3.63, 3.8) is 0 Å². The van der Waals surface area contributed by atoms with Crippen molar-refractivity contribution in [1.82, 2.24) is 0 Å². The van der Waals surface area contributed by atoms with E-state index in [9.17, 15) is 9.59 Å². The van der Waals surface area contributed by atoms with Crippen molar-refractivity contribution >= 4 is 45.8 Å².